The van der Waals surface area contributed by atoms with Gasteiger partial charge >= 0.3 is 0 Å². The maximum atomic E-state index is 11.9. The summed E-state index contributed by atoms with van der Waals surface area (Å²) in [6, 6.07) is 10.7. The smallest absolute Gasteiger partial charge is 0.276 e. The summed E-state index contributed by atoms with van der Waals surface area (Å²) in [5.74, 6) is 0.331. The van der Waals surface area contributed by atoms with Gasteiger partial charge in [0.15, 0.2) is 5.69 Å². The number of hydrogen-bond acceptors (Lipinski definition) is 4. The molecule has 1 aromatic heterocycles. The number of hydrogen-bond donors (Lipinski definition) is 2. The van der Waals surface area contributed by atoms with Gasteiger partial charge in [0.25, 0.3) is 5.91 Å². The third-order valence-electron chi connectivity index (χ3n) is 2.24. The molecule has 0 aliphatic carbocycles. The van der Waals surface area contributed by atoms with Crippen molar-refractivity contribution in [1.82, 2.24) is 10.2 Å². The average molecular weight is 307 g/mol. The number of amides is 1. The van der Waals surface area contributed by atoms with Crippen LogP contribution in [-0.4, -0.2) is 23.2 Å². The lowest BCUT2D eigenvalue weighted by atomic mass is 10.3. The monoisotopic (exact) mass is 306 g/mol. The molecule has 0 spiro atoms. The minimum absolute atomic E-state index is 0.272. The number of carbonyl (C=O) groups excluding carboxylic acids is 1. The lowest BCUT2D eigenvalue weighted by molar-refractivity contribution is 0.102. The van der Waals surface area contributed by atoms with Crippen LogP contribution in [0.1, 0.15) is 10.5 Å². The van der Waals surface area contributed by atoms with Gasteiger partial charge in [-0.05, 0) is 30.3 Å². The number of anilines is 2. The molecule has 0 radical (unpaired) electrons. The third kappa shape index (κ3) is 3.04. The molecule has 0 aliphatic heterocycles. The molecule has 2 rings (SSSR count). The first-order valence-electron chi connectivity index (χ1n) is 5.27. The van der Waals surface area contributed by atoms with Crippen molar-refractivity contribution in [1.29, 1.82) is 0 Å². The van der Waals surface area contributed by atoms with Crippen LogP contribution in [0.5, 0.6) is 0 Å². The fourth-order valence-corrected chi connectivity index (χ4v) is 1.75. The van der Waals surface area contributed by atoms with Gasteiger partial charge in [-0.15, -0.1) is 10.2 Å². The number of nitrogens with zero attached hydrogens (tertiary/aromatic N) is 2. The fraction of sp³-hybridized carbons (Fsp3) is 0.0833. The van der Waals surface area contributed by atoms with Gasteiger partial charge in [-0.2, -0.15) is 0 Å². The Morgan fingerprint density at radius 3 is 2.67 bits per heavy atom. The number of rotatable bonds is 3. The van der Waals surface area contributed by atoms with Crippen molar-refractivity contribution >= 4 is 33.3 Å². The molecule has 1 aromatic carbocycles. The van der Waals surface area contributed by atoms with Crippen molar-refractivity contribution in [3.05, 3.63) is 46.6 Å². The molecule has 0 saturated carbocycles. The van der Waals surface area contributed by atoms with E-state index in [1.165, 1.54) is 0 Å². The van der Waals surface area contributed by atoms with E-state index >= 15 is 0 Å². The van der Waals surface area contributed by atoms with Crippen molar-refractivity contribution in [2.75, 3.05) is 17.7 Å². The van der Waals surface area contributed by atoms with Gasteiger partial charge in [0.1, 0.15) is 5.82 Å². The molecule has 92 valence electrons. The van der Waals surface area contributed by atoms with Crippen molar-refractivity contribution in [3.8, 4) is 0 Å². The number of nitrogens with one attached hydrogen (secondary N) is 2. The summed E-state index contributed by atoms with van der Waals surface area (Å²) in [5, 5.41) is 13.3. The van der Waals surface area contributed by atoms with Gasteiger partial charge in [0.05, 0.1) is 0 Å². The Balaban J connectivity index is 2.11. The molecule has 1 amide bonds. The summed E-state index contributed by atoms with van der Waals surface area (Å²) in [7, 11) is 1.74. The number of carbonyl (C=O) groups is 1. The lowest BCUT2D eigenvalue weighted by Crippen LogP contribution is -2.14. The summed E-state index contributed by atoms with van der Waals surface area (Å²) < 4.78 is 0.900. The molecule has 5 nitrogen and oxygen atoms in total. The van der Waals surface area contributed by atoms with E-state index in [9.17, 15) is 4.79 Å². The van der Waals surface area contributed by atoms with Gasteiger partial charge < -0.3 is 10.6 Å². The molecule has 1 heterocycles. The van der Waals surface area contributed by atoms with E-state index < -0.39 is 0 Å². The van der Waals surface area contributed by atoms with E-state index in [-0.39, 0.29) is 11.6 Å². The van der Waals surface area contributed by atoms with E-state index in [1.54, 1.807) is 25.2 Å². The SMILES string of the molecule is CNc1ccc(C(=O)Nc2cccc(Br)c2)nn1. The molecular weight excluding hydrogens is 296 g/mol. The quantitative estimate of drug-likeness (QED) is 0.914. The molecule has 2 N–H and O–H groups in total. The average Bonchev–Trinajstić information content (AvgIpc) is 2.39. The van der Waals surface area contributed by atoms with E-state index in [2.05, 4.69) is 36.8 Å². The standard InChI is InChI=1S/C12H11BrN4O/c1-14-11-6-5-10(16-17-11)12(18)15-9-4-2-3-8(13)7-9/h2-7H,1H3,(H,14,17)(H,15,18). The lowest BCUT2D eigenvalue weighted by Gasteiger charge is -2.05. The van der Waals surface area contributed by atoms with Crippen LogP contribution in [0.4, 0.5) is 11.5 Å². The van der Waals surface area contributed by atoms with Crippen molar-refractivity contribution < 1.29 is 4.79 Å². The second-order valence-electron chi connectivity index (χ2n) is 3.52. The predicted molar refractivity (Wildman–Crippen MR) is 73.7 cm³/mol. The van der Waals surface area contributed by atoms with Crippen molar-refractivity contribution in [3.63, 3.8) is 0 Å². The highest BCUT2D eigenvalue weighted by atomic mass is 79.9. The highest BCUT2D eigenvalue weighted by Crippen LogP contribution is 2.16. The Labute approximate surface area is 113 Å². The highest BCUT2D eigenvalue weighted by Gasteiger charge is 2.08. The minimum atomic E-state index is -0.289. The Morgan fingerprint density at radius 1 is 1.22 bits per heavy atom. The normalized spacial score (nSPS) is 9.89. The van der Waals surface area contributed by atoms with Crippen LogP contribution in [0.25, 0.3) is 0 Å². The largest absolute Gasteiger partial charge is 0.372 e. The molecule has 2 aromatic rings. The number of halogens is 1. The molecule has 18 heavy (non-hydrogen) atoms. The summed E-state index contributed by atoms with van der Waals surface area (Å²) in [6.07, 6.45) is 0. The summed E-state index contributed by atoms with van der Waals surface area (Å²) in [4.78, 5) is 11.9. The molecule has 0 unspecified atom stereocenters. The molecule has 0 bridgehead atoms. The van der Waals surface area contributed by atoms with Gasteiger partial charge in [0, 0.05) is 17.2 Å². The number of aromatic nitrogens is 2. The Kier molecular flexibility index (Phi) is 3.88. The van der Waals surface area contributed by atoms with Gasteiger partial charge in [-0.3, -0.25) is 4.79 Å². The first kappa shape index (κ1) is 12.5. The van der Waals surface area contributed by atoms with Gasteiger partial charge in [0.2, 0.25) is 0 Å². The zero-order chi connectivity index (χ0) is 13.0. The second kappa shape index (κ2) is 5.59. The van der Waals surface area contributed by atoms with Crippen LogP contribution in [0.2, 0.25) is 0 Å². The van der Waals surface area contributed by atoms with Crippen LogP contribution in [0.3, 0.4) is 0 Å². The minimum Gasteiger partial charge on any atom is -0.372 e. The predicted octanol–water partition coefficient (Wildman–Crippen LogP) is 2.53. The molecule has 0 saturated heterocycles. The molecule has 0 atom stereocenters. The maximum absolute atomic E-state index is 11.9. The van der Waals surface area contributed by atoms with Crippen LogP contribution in [-0.2, 0) is 0 Å². The van der Waals surface area contributed by atoms with Crippen LogP contribution in [0, 0.1) is 0 Å². The van der Waals surface area contributed by atoms with E-state index in [0.717, 1.165) is 4.47 Å². The molecule has 6 heteroatoms. The van der Waals surface area contributed by atoms with E-state index in [1.807, 2.05) is 18.2 Å². The van der Waals surface area contributed by atoms with Crippen molar-refractivity contribution in [2.45, 2.75) is 0 Å². The second-order valence-corrected chi connectivity index (χ2v) is 4.43. The van der Waals surface area contributed by atoms with Gasteiger partial charge in [-0.1, -0.05) is 22.0 Å². The molecular formula is C12H11BrN4O. The summed E-state index contributed by atoms with van der Waals surface area (Å²) in [5.41, 5.74) is 0.975. The highest BCUT2D eigenvalue weighted by molar-refractivity contribution is 9.10. The topological polar surface area (TPSA) is 66.9 Å². The zero-order valence-electron chi connectivity index (χ0n) is 9.64. The zero-order valence-corrected chi connectivity index (χ0v) is 11.2. The fourth-order valence-electron chi connectivity index (χ4n) is 1.35. The van der Waals surface area contributed by atoms with Crippen LogP contribution >= 0.6 is 15.9 Å². The van der Waals surface area contributed by atoms with E-state index in [4.69, 9.17) is 0 Å². The number of benzene rings is 1. The Hall–Kier alpha value is -1.95. The van der Waals surface area contributed by atoms with Crippen LogP contribution in [0.15, 0.2) is 40.9 Å². The maximum Gasteiger partial charge on any atom is 0.276 e. The molecule has 0 aliphatic rings. The summed E-state index contributed by atoms with van der Waals surface area (Å²) >= 11 is 3.34. The van der Waals surface area contributed by atoms with Crippen LogP contribution < -0.4 is 10.6 Å². The first-order valence-corrected chi connectivity index (χ1v) is 6.07. The Morgan fingerprint density at radius 2 is 2.06 bits per heavy atom. The van der Waals surface area contributed by atoms with Gasteiger partial charge in [-0.25, -0.2) is 0 Å². The third-order valence-corrected chi connectivity index (χ3v) is 2.73. The first-order chi connectivity index (χ1) is 8.69. The Bertz CT molecular complexity index is 556. The summed E-state index contributed by atoms with van der Waals surface area (Å²) in [6.45, 7) is 0. The molecule has 0 fully saturated rings. The van der Waals surface area contributed by atoms with Crippen molar-refractivity contribution in [2.24, 2.45) is 0 Å². The van der Waals surface area contributed by atoms with E-state index in [0.29, 0.717) is 11.5 Å².